The Hall–Kier alpha value is -3.80. The minimum absolute atomic E-state index is 0.202. The first kappa shape index (κ1) is 19.0. The summed E-state index contributed by atoms with van der Waals surface area (Å²) >= 11 is 0. The van der Waals surface area contributed by atoms with Crippen molar-refractivity contribution in [2.45, 2.75) is 12.5 Å². The zero-order valence-electron chi connectivity index (χ0n) is 15.2. The second kappa shape index (κ2) is 9.78. The smallest absolute Gasteiger partial charge is 0.272 e. The van der Waals surface area contributed by atoms with Crippen LogP contribution >= 0.6 is 0 Å². The molecule has 6 nitrogen and oxygen atoms in total. The van der Waals surface area contributed by atoms with Crippen LogP contribution < -0.4 is 10.7 Å². The summed E-state index contributed by atoms with van der Waals surface area (Å²) in [4.78, 5) is 28.5. The predicted octanol–water partition coefficient (Wildman–Crippen LogP) is 2.84. The van der Waals surface area contributed by atoms with Crippen LogP contribution in [0.25, 0.3) is 0 Å². The van der Waals surface area contributed by atoms with Crippen molar-refractivity contribution in [3.05, 3.63) is 102 Å². The fourth-order valence-electron chi connectivity index (χ4n) is 2.60. The van der Waals surface area contributed by atoms with Crippen LogP contribution in [0.15, 0.2) is 90.3 Å². The van der Waals surface area contributed by atoms with E-state index in [1.54, 1.807) is 30.5 Å². The summed E-state index contributed by atoms with van der Waals surface area (Å²) in [5.74, 6) is -0.566. The molecule has 0 radical (unpaired) electrons. The number of hydrogen-bond acceptors (Lipinski definition) is 4. The quantitative estimate of drug-likeness (QED) is 0.494. The first-order valence-electron chi connectivity index (χ1n) is 8.86. The largest absolute Gasteiger partial charge is 0.344 e. The van der Waals surface area contributed by atoms with E-state index in [0.717, 1.165) is 5.56 Å². The molecule has 28 heavy (non-hydrogen) atoms. The van der Waals surface area contributed by atoms with Gasteiger partial charge in [0.05, 0.1) is 11.6 Å². The molecule has 2 aromatic carbocycles. The van der Waals surface area contributed by atoms with Crippen molar-refractivity contribution in [2.24, 2.45) is 5.10 Å². The van der Waals surface area contributed by atoms with Gasteiger partial charge in [0.1, 0.15) is 0 Å². The molecule has 0 spiro atoms. The van der Waals surface area contributed by atoms with E-state index in [0.29, 0.717) is 17.5 Å². The SMILES string of the molecule is O=C(N/N=C/C(Cc1ccccc1)NC(=O)c1ccccc1)c1cccnc1. The van der Waals surface area contributed by atoms with E-state index >= 15 is 0 Å². The Morgan fingerprint density at radius 3 is 2.25 bits per heavy atom. The van der Waals surface area contributed by atoms with Crippen LogP contribution in [0.5, 0.6) is 0 Å². The van der Waals surface area contributed by atoms with Gasteiger partial charge >= 0.3 is 0 Å². The number of aromatic nitrogens is 1. The number of amides is 2. The number of hydrazone groups is 1. The molecule has 0 bridgehead atoms. The number of nitrogens with zero attached hydrogens (tertiary/aromatic N) is 2. The van der Waals surface area contributed by atoms with E-state index in [2.05, 4.69) is 20.8 Å². The lowest BCUT2D eigenvalue weighted by atomic mass is 10.1. The second-order valence-electron chi connectivity index (χ2n) is 6.10. The van der Waals surface area contributed by atoms with Gasteiger partial charge in [-0.25, -0.2) is 5.43 Å². The van der Waals surface area contributed by atoms with Crippen LogP contribution in [-0.4, -0.2) is 29.1 Å². The Morgan fingerprint density at radius 1 is 0.893 bits per heavy atom. The monoisotopic (exact) mass is 372 g/mol. The number of pyridine rings is 1. The van der Waals surface area contributed by atoms with Gasteiger partial charge in [0.25, 0.3) is 11.8 Å². The van der Waals surface area contributed by atoms with Crippen molar-refractivity contribution >= 4 is 18.0 Å². The summed E-state index contributed by atoms with van der Waals surface area (Å²) in [6, 6.07) is 21.7. The molecule has 6 heteroatoms. The van der Waals surface area contributed by atoms with Crippen molar-refractivity contribution in [1.29, 1.82) is 0 Å². The van der Waals surface area contributed by atoms with Gasteiger partial charge in [-0.3, -0.25) is 14.6 Å². The molecule has 0 saturated carbocycles. The van der Waals surface area contributed by atoms with E-state index in [-0.39, 0.29) is 17.9 Å². The Balaban J connectivity index is 1.68. The fraction of sp³-hybridized carbons (Fsp3) is 0.0909. The van der Waals surface area contributed by atoms with Crippen LogP contribution in [-0.2, 0) is 6.42 Å². The molecule has 0 aliphatic heterocycles. The first-order chi connectivity index (χ1) is 13.7. The minimum Gasteiger partial charge on any atom is -0.344 e. The molecule has 2 amide bonds. The molecule has 0 saturated heterocycles. The van der Waals surface area contributed by atoms with Gasteiger partial charge < -0.3 is 5.32 Å². The molecule has 1 aromatic heterocycles. The van der Waals surface area contributed by atoms with Crippen molar-refractivity contribution in [2.75, 3.05) is 0 Å². The predicted molar refractivity (Wildman–Crippen MR) is 108 cm³/mol. The number of hydrogen-bond donors (Lipinski definition) is 2. The molecule has 3 rings (SSSR count). The van der Waals surface area contributed by atoms with Crippen molar-refractivity contribution in [3.63, 3.8) is 0 Å². The van der Waals surface area contributed by atoms with Gasteiger partial charge in [-0.15, -0.1) is 0 Å². The lowest BCUT2D eigenvalue weighted by Gasteiger charge is -2.15. The molecule has 2 N–H and O–H groups in total. The average molecular weight is 372 g/mol. The highest BCUT2D eigenvalue weighted by molar-refractivity contribution is 5.96. The molecule has 1 heterocycles. The Bertz CT molecular complexity index is 929. The maximum Gasteiger partial charge on any atom is 0.272 e. The zero-order valence-corrected chi connectivity index (χ0v) is 15.2. The van der Waals surface area contributed by atoms with Crippen LogP contribution in [0.3, 0.4) is 0 Å². The maximum absolute atomic E-state index is 12.5. The summed E-state index contributed by atoms with van der Waals surface area (Å²) in [5, 5.41) is 6.97. The molecular weight excluding hydrogens is 352 g/mol. The molecule has 140 valence electrons. The lowest BCUT2D eigenvalue weighted by Crippen LogP contribution is -2.38. The van der Waals surface area contributed by atoms with Crippen molar-refractivity contribution in [1.82, 2.24) is 15.7 Å². The van der Waals surface area contributed by atoms with Crippen LogP contribution in [0, 0.1) is 0 Å². The molecular formula is C22H20N4O2. The van der Waals surface area contributed by atoms with Gasteiger partial charge in [0, 0.05) is 24.2 Å². The summed E-state index contributed by atoms with van der Waals surface area (Å²) < 4.78 is 0. The number of benzene rings is 2. The van der Waals surface area contributed by atoms with Gasteiger partial charge in [0.2, 0.25) is 0 Å². The Morgan fingerprint density at radius 2 is 1.57 bits per heavy atom. The van der Waals surface area contributed by atoms with Crippen molar-refractivity contribution in [3.8, 4) is 0 Å². The molecule has 1 atom stereocenters. The lowest BCUT2D eigenvalue weighted by molar-refractivity contribution is 0.0945. The van der Waals surface area contributed by atoms with Crippen LogP contribution in [0.4, 0.5) is 0 Å². The molecule has 0 aliphatic rings. The molecule has 1 unspecified atom stereocenters. The van der Waals surface area contributed by atoms with E-state index < -0.39 is 0 Å². The number of nitrogens with one attached hydrogen (secondary N) is 2. The van der Waals surface area contributed by atoms with Crippen LogP contribution in [0.2, 0.25) is 0 Å². The maximum atomic E-state index is 12.5. The third-order valence-corrected chi connectivity index (χ3v) is 4.00. The number of rotatable bonds is 7. The van der Waals surface area contributed by atoms with Gasteiger partial charge in [-0.05, 0) is 36.2 Å². The third kappa shape index (κ3) is 5.60. The summed E-state index contributed by atoms with van der Waals surface area (Å²) in [6.07, 6.45) is 5.13. The highest BCUT2D eigenvalue weighted by Crippen LogP contribution is 2.04. The molecule has 3 aromatic rings. The van der Waals surface area contributed by atoms with Crippen LogP contribution in [0.1, 0.15) is 26.3 Å². The zero-order chi connectivity index (χ0) is 19.6. The van der Waals surface area contributed by atoms with E-state index in [1.807, 2.05) is 48.5 Å². The minimum atomic E-state index is -0.385. The normalized spacial score (nSPS) is 11.7. The topological polar surface area (TPSA) is 83.5 Å². The summed E-state index contributed by atoms with van der Waals surface area (Å²) in [5.41, 5.74) is 4.49. The fourth-order valence-corrected chi connectivity index (χ4v) is 2.60. The molecule has 0 aliphatic carbocycles. The Kier molecular flexibility index (Phi) is 6.62. The van der Waals surface area contributed by atoms with Gasteiger partial charge in [-0.2, -0.15) is 5.10 Å². The number of carbonyl (C=O) groups excluding carboxylic acids is 2. The van der Waals surface area contributed by atoms with E-state index in [9.17, 15) is 9.59 Å². The van der Waals surface area contributed by atoms with E-state index in [4.69, 9.17) is 0 Å². The highest BCUT2D eigenvalue weighted by atomic mass is 16.2. The highest BCUT2D eigenvalue weighted by Gasteiger charge is 2.13. The Labute approximate surface area is 163 Å². The van der Waals surface area contributed by atoms with E-state index in [1.165, 1.54) is 12.4 Å². The van der Waals surface area contributed by atoms with Gasteiger partial charge in [-0.1, -0.05) is 48.5 Å². The third-order valence-electron chi connectivity index (χ3n) is 4.00. The van der Waals surface area contributed by atoms with Crippen molar-refractivity contribution < 1.29 is 9.59 Å². The summed E-state index contributed by atoms with van der Waals surface area (Å²) in [6.45, 7) is 0. The molecule has 0 fully saturated rings. The van der Waals surface area contributed by atoms with Gasteiger partial charge in [0.15, 0.2) is 0 Å². The number of carbonyl (C=O) groups is 2. The summed E-state index contributed by atoms with van der Waals surface area (Å²) in [7, 11) is 0. The first-order valence-corrected chi connectivity index (χ1v) is 8.86. The standard InChI is InChI=1S/C22H20N4O2/c27-21(18-10-5-2-6-11-18)25-20(14-17-8-3-1-4-9-17)16-24-26-22(28)19-12-7-13-23-15-19/h1-13,15-16,20H,14H2,(H,25,27)(H,26,28)/b24-16+. The second-order valence-corrected chi connectivity index (χ2v) is 6.10. The average Bonchev–Trinajstić information content (AvgIpc) is 2.75.